The van der Waals surface area contributed by atoms with Gasteiger partial charge in [0.25, 0.3) is 5.91 Å². The number of amides is 1. The average molecular weight is 252 g/mol. The Hall–Kier alpha value is -1.40. The van der Waals surface area contributed by atoms with Crippen LogP contribution < -0.4 is 0 Å². The molecule has 18 heavy (non-hydrogen) atoms. The molecule has 3 heterocycles. The van der Waals surface area contributed by atoms with E-state index in [1.807, 2.05) is 0 Å². The van der Waals surface area contributed by atoms with Crippen LogP contribution in [0, 0.1) is 0 Å². The molecule has 1 spiro atoms. The molecule has 2 atom stereocenters. The van der Waals surface area contributed by atoms with Crippen molar-refractivity contribution in [1.82, 2.24) is 10.1 Å². The van der Waals surface area contributed by atoms with Crippen molar-refractivity contribution in [2.75, 3.05) is 26.8 Å². The zero-order valence-electron chi connectivity index (χ0n) is 10.3. The summed E-state index contributed by atoms with van der Waals surface area (Å²) in [6.07, 6.45) is 3.33. The van der Waals surface area contributed by atoms with Crippen molar-refractivity contribution >= 4 is 5.91 Å². The fourth-order valence-corrected chi connectivity index (χ4v) is 2.74. The molecule has 6 heteroatoms. The third kappa shape index (κ3) is 1.91. The Morgan fingerprint density at radius 3 is 3.22 bits per heavy atom. The first kappa shape index (κ1) is 11.7. The zero-order chi connectivity index (χ0) is 12.6. The summed E-state index contributed by atoms with van der Waals surface area (Å²) in [6, 6.07) is 1.58. The Balaban J connectivity index is 1.67. The molecule has 3 rings (SSSR count). The van der Waals surface area contributed by atoms with Crippen LogP contribution in [0.1, 0.15) is 23.4 Å². The average Bonchev–Trinajstić information content (AvgIpc) is 3.10. The van der Waals surface area contributed by atoms with Crippen molar-refractivity contribution in [1.29, 1.82) is 0 Å². The molecule has 2 unspecified atom stereocenters. The van der Waals surface area contributed by atoms with Crippen molar-refractivity contribution in [2.24, 2.45) is 0 Å². The van der Waals surface area contributed by atoms with Crippen LogP contribution in [-0.2, 0) is 9.47 Å². The Kier molecular flexibility index (Phi) is 2.83. The van der Waals surface area contributed by atoms with Crippen molar-refractivity contribution in [3.8, 4) is 0 Å². The molecule has 2 fully saturated rings. The highest BCUT2D eigenvalue weighted by molar-refractivity contribution is 5.91. The van der Waals surface area contributed by atoms with Crippen LogP contribution in [0.3, 0.4) is 0 Å². The van der Waals surface area contributed by atoms with Gasteiger partial charge in [-0.25, -0.2) is 0 Å². The Bertz CT molecular complexity index is 433. The van der Waals surface area contributed by atoms with Crippen LogP contribution in [0.4, 0.5) is 0 Å². The van der Waals surface area contributed by atoms with Gasteiger partial charge >= 0.3 is 0 Å². The molecule has 0 saturated carbocycles. The largest absolute Gasteiger partial charge is 0.379 e. The maximum absolute atomic E-state index is 12.1. The Morgan fingerprint density at radius 2 is 2.56 bits per heavy atom. The standard InChI is InChI=1S/C12H16N2O4/c1-16-9-6-12(17-7-9)3-5-14(8-12)11(15)10-2-4-13-18-10/h2,4,9H,3,5-8H2,1H3. The number of likely N-dealkylation sites (tertiary alicyclic amines) is 1. The second kappa shape index (κ2) is 4.37. The number of ether oxygens (including phenoxy) is 2. The number of nitrogens with zero attached hydrogens (tertiary/aromatic N) is 2. The Morgan fingerprint density at radius 1 is 1.67 bits per heavy atom. The quantitative estimate of drug-likeness (QED) is 0.775. The van der Waals surface area contributed by atoms with E-state index in [9.17, 15) is 4.79 Å². The molecule has 0 bridgehead atoms. The maximum Gasteiger partial charge on any atom is 0.292 e. The van der Waals surface area contributed by atoms with Crippen LogP contribution in [0.5, 0.6) is 0 Å². The molecule has 2 saturated heterocycles. The van der Waals surface area contributed by atoms with Crippen molar-refractivity contribution in [3.05, 3.63) is 18.0 Å². The number of rotatable bonds is 2. The monoisotopic (exact) mass is 252 g/mol. The number of methoxy groups -OCH3 is 1. The molecule has 1 aromatic rings. The summed E-state index contributed by atoms with van der Waals surface area (Å²) in [5.41, 5.74) is -0.226. The third-order valence-electron chi connectivity index (χ3n) is 3.76. The highest BCUT2D eigenvalue weighted by Crippen LogP contribution is 2.36. The van der Waals surface area contributed by atoms with Crippen molar-refractivity contribution in [3.63, 3.8) is 0 Å². The van der Waals surface area contributed by atoms with Gasteiger partial charge in [-0.1, -0.05) is 5.16 Å². The lowest BCUT2D eigenvalue weighted by Crippen LogP contribution is -2.35. The third-order valence-corrected chi connectivity index (χ3v) is 3.76. The number of carbonyl (C=O) groups excluding carboxylic acids is 1. The normalized spacial score (nSPS) is 31.4. The fraction of sp³-hybridized carbons (Fsp3) is 0.667. The van der Waals surface area contributed by atoms with Gasteiger partial charge in [-0.2, -0.15) is 0 Å². The summed E-state index contributed by atoms with van der Waals surface area (Å²) in [5.74, 6) is 0.169. The van der Waals surface area contributed by atoms with Crippen molar-refractivity contribution < 1.29 is 18.8 Å². The van der Waals surface area contributed by atoms with E-state index in [0.29, 0.717) is 19.7 Å². The van der Waals surface area contributed by atoms with E-state index in [4.69, 9.17) is 14.0 Å². The van der Waals surface area contributed by atoms with E-state index in [-0.39, 0.29) is 23.4 Å². The second-order valence-corrected chi connectivity index (χ2v) is 4.91. The molecule has 0 radical (unpaired) electrons. The minimum atomic E-state index is -0.226. The van der Waals surface area contributed by atoms with Gasteiger partial charge < -0.3 is 18.9 Å². The molecular weight excluding hydrogens is 236 g/mol. The smallest absolute Gasteiger partial charge is 0.292 e. The van der Waals surface area contributed by atoms with E-state index >= 15 is 0 Å². The summed E-state index contributed by atoms with van der Waals surface area (Å²) < 4.78 is 16.0. The molecule has 0 aromatic carbocycles. The molecule has 6 nitrogen and oxygen atoms in total. The van der Waals surface area contributed by atoms with Gasteiger partial charge in [0, 0.05) is 26.1 Å². The van der Waals surface area contributed by atoms with E-state index in [1.165, 1.54) is 6.20 Å². The van der Waals surface area contributed by atoms with Gasteiger partial charge in [0.2, 0.25) is 5.76 Å². The first-order chi connectivity index (χ1) is 8.72. The summed E-state index contributed by atoms with van der Waals surface area (Å²) in [5, 5.41) is 3.56. The van der Waals surface area contributed by atoms with Gasteiger partial charge in [-0.3, -0.25) is 4.79 Å². The lowest BCUT2D eigenvalue weighted by atomic mass is 9.98. The van der Waals surface area contributed by atoms with E-state index in [0.717, 1.165) is 12.8 Å². The lowest BCUT2D eigenvalue weighted by Gasteiger charge is -2.22. The minimum Gasteiger partial charge on any atom is -0.379 e. The van der Waals surface area contributed by atoms with Gasteiger partial charge in [0.1, 0.15) is 0 Å². The summed E-state index contributed by atoms with van der Waals surface area (Å²) in [4.78, 5) is 13.9. The fourth-order valence-electron chi connectivity index (χ4n) is 2.74. The summed E-state index contributed by atoms with van der Waals surface area (Å²) >= 11 is 0. The minimum absolute atomic E-state index is 0.117. The van der Waals surface area contributed by atoms with E-state index < -0.39 is 0 Å². The molecule has 2 aliphatic rings. The number of hydrogen-bond donors (Lipinski definition) is 0. The van der Waals surface area contributed by atoms with Gasteiger partial charge in [-0.15, -0.1) is 0 Å². The van der Waals surface area contributed by atoms with Crippen LogP contribution in [0.15, 0.2) is 16.8 Å². The first-order valence-electron chi connectivity index (χ1n) is 6.09. The molecular formula is C12H16N2O4. The van der Waals surface area contributed by atoms with E-state index in [2.05, 4.69) is 5.16 Å². The molecule has 98 valence electrons. The highest BCUT2D eigenvalue weighted by Gasteiger charge is 2.47. The predicted octanol–water partition coefficient (Wildman–Crippen LogP) is 0.695. The predicted molar refractivity (Wildman–Crippen MR) is 61.1 cm³/mol. The molecule has 1 amide bonds. The number of hydrogen-bond acceptors (Lipinski definition) is 5. The van der Waals surface area contributed by atoms with Crippen LogP contribution in [0.25, 0.3) is 0 Å². The molecule has 1 aromatic heterocycles. The second-order valence-electron chi connectivity index (χ2n) is 4.91. The molecule has 0 aliphatic carbocycles. The first-order valence-corrected chi connectivity index (χ1v) is 6.09. The lowest BCUT2D eigenvalue weighted by molar-refractivity contribution is 0.00669. The van der Waals surface area contributed by atoms with Gasteiger partial charge in [-0.05, 0) is 6.42 Å². The van der Waals surface area contributed by atoms with Gasteiger partial charge in [0.05, 0.1) is 31.1 Å². The summed E-state index contributed by atoms with van der Waals surface area (Å²) in [7, 11) is 1.69. The van der Waals surface area contributed by atoms with Gasteiger partial charge in [0.15, 0.2) is 0 Å². The number of aromatic nitrogens is 1. The van der Waals surface area contributed by atoms with E-state index in [1.54, 1.807) is 18.1 Å². The van der Waals surface area contributed by atoms with Crippen LogP contribution in [-0.4, -0.2) is 54.5 Å². The maximum atomic E-state index is 12.1. The number of carbonyl (C=O) groups is 1. The highest BCUT2D eigenvalue weighted by atomic mass is 16.6. The van der Waals surface area contributed by atoms with Crippen molar-refractivity contribution in [2.45, 2.75) is 24.5 Å². The zero-order valence-corrected chi connectivity index (χ0v) is 10.3. The van der Waals surface area contributed by atoms with Crippen LogP contribution >= 0.6 is 0 Å². The van der Waals surface area contributed by atoms with Crippen LogP contribution in [0.2, 0.25) is 0 Å². The SMILES string of the molecule is COC1COC2(CCN(C(=O)c3ccno3)C2)C1. The molecule has 2 aliphatic heterocycles. The molecule has 0 N–H and O–H groups in total. The Labute approximate surface area is 105 Å². The topological polar surface area (TPSA) is 64.8 Å². The summed E-state index contributed by atoms with van der Waals surface area (Å²) in [6.45, 7) is 1.91.